The topological polar surface area (TPSA) is 93.5 Å². The standard InChI is InChI=1S/C22H25FN6O3S/c1-13-18-19(27(3)17(30)9-12-32-4)25-20(21-24-14(2)26-33-21)29(18)11-10-28(13)22(31)15-5-7-16(23)8-6-15/h5-8,13H,9-12H2,1-4H3/t13-/m1/s1. The normalized spacial score (nSPS) is 15.4. The van der Waals surface area contributed by atoms with Crippen LogP contribution in [0.3, 0.4) is 0 Å². The number of anilines is 1. The van der Waals surface area contributed by atoms with Gasteiger partial charge in [-0.05, 0) is 49.6 Å². The van der Waals surface area contributed by atoms with E-state index in [1.165, 1.54) is 40.7 Å². The smallest absolute Gasteiger partial charge is 0.254 e. The van der Waals surface area contributed by atoms with Gasteiger partial charge in [-0.1, -0.05) is 0 Å². The van der Waals surface area contributed by atoms with Crippen LogP contribution in [0.1, 0.15) is 41.3 Å². The van der Waals surface area contributed by atoms with Crippen molar-refractivity contribution in [2.45, 2.75) is 32.9 Å². The molecule has 33 heavy (non-hydrogen) atoms. The SMILES string of the molecule is COCCC(=O)N(C)c1nc(-c2nc(C)ns2)n2c1[C@@H](C)N(C(=O)c1ccc(F)cc1)CC2. The molecule has 1 aliphatic rings. The number of nitrogens with zero attached hydrogens (tertiary/aromatic N) is 6. The average molecular weight is 473 g/mol. The van der Waals surface area contributed by atoms with Gasteiger partial charge in [-0.3, -0.25) is 14.5 Å². The molecule has 0 N–H and O–H groups in total. The third kappa shape index (κ3) is 4.38. The number of methoxy groups -OCH3 is 1. The maximum atomic E-state index is 13.3. The van der Waals surface area contributed by atoms with Crippen LogP contribution in [0.15, 0.2) is 24.3 Å². The Morgan fingerprint density at radius 1 is 1.24 bits per heavy atom. The van der Waals surface area contributed by atoms with Crippen LogP contribution in [0.5, 0.6) is 0 Å². The van der Waals surface area contributed by atoms with E-state index < -0.39 is 5.82 Å². The zero-order valence-electron chi connectivity index (χ0n) is 18.9. The number of halogens is 1. The molecule has 1 aliphatic heterocycles. The molecule has 2 amide bonds. The van der Waals surface area contributed by atoms with E-state index >= 15 is 0 Å². The minimum absolute atomic E-state index is 0.146. The molecular weight excluding hydrogens is 447 g/mol. The van der Waals surface area contributed by atoms with Gasteiger partial charge in [0.15, 0.2) is 16.6 Å². The van der Waals surface area contributed by atoms with Gasteiger partial charge in [-0.2, -0.15) is 4.37 Å². The molecule has 1 atom stereocenters. The summed E-state index contributed by atoms with van der Waals surface area (Å²) in [7, 11) is 3.21. The van der Waals surface area contributed by atoms with Crippen LogP contribution in [0.4, 0.5) is 10.2 Å². The largest absolute Gasteiger partial charge is 0.384 e. The third-order valence-electron chi connectivity index (χ3n) is 5.70. The van der Waals surface area contributed by atoms with Crippen LogP contribution in [0.2, 0.25) is 0 Å². The molecular formula is C22H25FN6O3S. The Morgan fingerprint density at radius 2 is 1.97 bits per heavy atom. The zero-order chi connectivity index (χ0) is 23.7. The molecule has 4 rings (SSSR count). The first-order valence-corrected chi connectivity index (χ1v) is 11.3. The lowest BCUT2D eigenvalue weighted by atomic mass is 10.1. The van der Waals surface area contributed by atoms with E-state index in [0.717, 1.165) is 5.69 Å². The average Bonchev–Trinajstić information content (AvgIpc) is 3.41. The van der Waals surface area contributed by atoms with E-state index in [0.29, 0.717) is 47.7 Å². The van der Waals surface area contributed by atoms with Gasteiger partial charge in [-0.25, -0.2) is 14.4 Å². The van der Waals surface area contributed by atoms with Crippen molar-refractivity contribution in [1.82, 2.24) is 23.8 Å². The molecule has 2 aromatic heterocycles. The Kier molecular flexibility index (Phi) is 6.52. The molecule has 0 bridgehead atoms. The van der Waals surface area contributed by atoms with Crippen molar-refractivity contribution >= 4 is 29.2 Å². The van der Waals surface area contributed by atoms with Gasteiger partial charge in [-0.15, -0.1) is 0 Å². The van der Waals surface area contributed by atoms with Crippen LogP contribution in [0, 0.1) is 12.7 Å². The first kappa shape index (κ1) is 23.0. The Morgan fingerprint density at radius 3 is 2.61 bits per heavy atom. The van der Waals surface area contributed by atoms with E-state index in [1.54, 1.807) is 19.1 Å². The van der Waals surface area contributed by atoms with Crippen molar-refractivity contribution in [2.75, 3.05) is 32.2 Å². The summed E-state index contributed by atoms with van der Waals surface area (Å²) < 4.78 is 24.7. The summed E-state index contributed by atoms with van der Waals surface area (Å²) in [4.78, 5) is 38.5. The lowest BCUT2D eigenvalue weighted by Crippen LogP contribution is -2.42. The summed E-state index contributed by atoms with van der Waals surface area (Å²) in [5.74, 6) is 0.998. The first-order chi connectivity index (χ1) is 15.8. The van der Waals surface area contributed by atoms with E-state index in [4.69, 9.17) is 9.72 Å². The number of benzene rings is 1. The van der Waals surface area contributed by atoms with Crippen molar-refractivity contribution in [3.8, 4) is 10.8 Å². The Labute approximate surface area is 195 Å². The number of hydrogen-bond acceptors (Lipinski definition) is 7. The van der Waals surface area contributed by atoms with Gasteiger partial charge in [0.2, 0.25) is 5.91 Å². The highest BCUT2D eigenvalue weighted by Crippen LogP contribution is 2.38. The predicted molar refractivity (Wildman–Crippen MR) is 122 cm³/mol. The number of rotatable bonds is 6. The van der Waals surface area contributed by atoms with Crippen molar-refractivity contribution in [2.24, 2.45) is 0 Å². The van der Waals surface area contributed by atoms with Gasteiger partial charge in [0.25, 0.3) is 5.91 Å². The summed E-state index contributed by atoms with van der Waals surface area (Å²) in [6.45, 7) is 4.93. The number of fused-ring (bicyclic) bond motifs is 1. The number of carbonyl (C=O) groups excluding carboxylic acids is 2. The molecule has 0 saturated heterocycles. The summed E-state index contributed by atoms with van der Waals surface area (Å²) in [5, 5.41) is 0.656. The number of ether oxygens (including phenoxy) is 1. The zero-order valence-corrected chi connectivity index (χ0v) is 19.7. The predicted octanol–water partition coefficient (Wildman–Crippen LogP) is 3.07. The maximum Gasteiger partial charge on any atom is 0.254 e. The highest BCUT2D eigenvalue weighted by atomic mass is 32.1. The molecule has 9 nitrogen and oxygen atoms in total. The number of aromatic nitrogens is 4. The second kappa shape index (κ2) is 9.36. The molecule has 3 aromatic rings. The third-order valence-corrected chi connectivity index (χ3v) is 6.50. The van der Waals surface area contributed by atoms with Crippen LogP contribution in [0.25, 0.3) is 10.8 Å². The highest BCUT2D eigenvalue weighted by molar-refractivity contribution is 7.09. The molecule has 0 unspecified atom stereocenters. The van der Waals surface area contributed by atoms with E-state index in [9.17, 15) is 14.0 Å². The van der Waals surface area contributed by atoms with Gasteiger partial charge in [0, 0.05) is 32.8 Å². The number of aryl methyl sites for hydroxylation is 1. The second-order valence-corrected chi connectivity index (χ2v) is 8.57. The van der Waals surface area contributed by atoms with Gasteiger partial charge in [0.05, 0.1) is 24.8 Å². The quantitative estimate of drug-likeness (QED) is 0.547. The molecule has 1 aromatic carbocycles. The summed E-state index contributed by atoms with van der Waals surface area (Å²) in [6, 6.07) is 5.13. The molecule has 3 heterocycles. The fourth-order valence-electron chi connectivity index (χ4n) is 3.95. The fourth-order valence-corrected chi connectivity index (χ4v) is 4.62. The monoisotopic (exact) mass is 472 g/mol. The van der Waals surface area contributed by atoms with Crippen molar-refractivity contribution in [3.05, 3.63) is 47.2 Å². The maximum absolute atomic E-state index is 13.3. The fraction of sp³-hybridized carbons (Fsp3) is 0.409. The lowest BCUT2D eigenvalue weighted by molar-refractivity contribution is -0.119. The summed E-state index contributed by atoms with van der Waals surface area (Å²) in [6.07, 6.45) is 0.207. The Balaban J connectivity index is 1.75. The second-order valence-electron chi connectivity index (χ2n) is 7.82. The van der Waals surface area contributed by atoms with Crippen molar-refractivity contribution in [3.63, 3.8) is 0 Å². The van der Waals surface area contributed by atoms with E-state index in [1.807, 2.05) is 18.4 Å². The lowest BCUT2D eigenvalue weighted by Gasteiger charge is -2.36. The minimum Gasteiger partial charge on any atom is -0.384 e. The minimum atomic E-state index is -0.396. The Hall–Kier alpha value is -3.18. The van der Waals surface area contributed by atoms with Gasteiger partial charge in [0.1, 0.15) is 11.6 Å². The van der Waals surface area contributed by atoms with Crippen LogP contribution < -0.4 is 4.90 Å². The molecule has 0 aliphatic carbocycles. The van der Waals surface area contributed by atoms with Crippen LogP contribution in [-0.4, -0.2) is 62.9 Å². The van der Waals surface area contributed by atoms with Crippen molar-refractivity contribution in [1.29, 1.82) is 0 Å². The number of hydrogen-bond donors (Lipinski definition) is 0. The molecule has 11 heteroatoms. The number of carbonyl (C=O) groups is 2. The van der Waals surface area contributed by atoms with Crippen molar-refractivity contribution < 1.29 is 18.7 Å². The van der Waals surface area contributed by atoms with Crippen LogP contribution >= 0.6 is 11.5 Å². The molecule has 174 valence electrons. The molecule has 0 spiro atoms. The van der Waals surface area contributed by atoms with Gasteiger partial charge < -0.3 is 14.2 Å². The molecule has 0 saturated carbocycles. The first-order valence-electron chi connectivity index (χ1n) is 10.5. The number of imidazole rings is 1. The molecule has 0 radical (unpaired) electrons. The van der Waals surface area contributed by atoms with Crippen LogP contribution in [-0.2, 0) is 16.1 Å². The summed E-state index contributed by atoms with van der Waals surface area (Å²) in [5.41, 5.74) is 1.15. The summed E-state index contributed by atoms with van der Waals surface area (Å²) >= 11 is 1.25. The van der Waals surface area contributed by atoms with E-state index in [2.05, 4.69) is 9.36 Å². The Bertz CT molecular complexity index is 1180. The van der Waals surface area contributed by atoms with Gasteiger partial charge >= 0.3 is 0 Å². The highest BCUT2D eigenvalue weighted by Gasteiger charge is 2.36. The number of amides is 2. The molecule has 0 fully saturated rings. The van der Waals surface area contributed by atoms with E-state index in [-0.39, 0.29) is 24.3 Å².